The number of hydrogen-bond acceptors (Lipinski definition) is 6. The van der Waals surface area contributed by atoms with Crippen molar-refractivity contribution in [1.82, 2.24) is 0 Å². The molecule has 0 radical (unpaired) electrons. The second-order valence-electron chi connectivity index (χ2n) is 5.26. The number of hydrogen-bond donors (Lipinski definition) is 0. The summed E-state index contributed by atoms with van der Waals surface area (Å²) in [4.78, 5) is 21.0. The summed E-state index contributed by atoms with van der Waals surface area (Å²) in [6, 6.07) is 0. The molecule has 1 aliphatic rings. The third kappa shape index (κ3) is 6.50. The van der Waals surface area contributed by atoms with Crippen LogP contribution < -0.4 is 0 Å². The van der Waals surface area contributed by atoms with Crippen LogP contribution in [-0.4, -0.2) is 51.5 Å². The molecule has 124 valence electrons. The molecule has 1 fully saturated rings. The number of rotatable bonds is 7. The lowest BCUT2D eigenvalue weighted by Crippen LogP contribution is -2.44. The van der Waals surface area contributed by atoms with E-state index in [9.17, 15) is 14.9 Å². The average molecular weight is 305 g/mol. The average Bonchev–Trinajstić information content (AvgIpc) is 2.48. The maximum atomic E-state index is 10.7. The molecule has 1 saturated carbocycles. The summed E-state index contributed by atoms with van der Waals surface area (Å²) in [5, 5.41) is 10.7. The predicted molar refractivity (Wildman–Crippen MR) is 77.7 cm³/mol. The standard InChI is InChI=1S/C11H19NO5.C3H8O/c1-16-11(17-2)5-3-10(4-6-11,7-8-13)9-12(14)15;1-3-4-2/h8H,3-7,9H2,1-2H3;3H2,1-2H3. The molecule has 7 nitrogen and oxygen atoms in total. The van der Waals surface area contributed by atoms with Gasteiger partial charge in [0.05, 0.1) is 0 Å². The minimum atomic E-state index is -0.636. The molecule has 0 N–H and O–H groups in total. The molecule has 7 heteroatoms. The van der Waals surface area contributed by atoms with Crippen molar-refractivity contribution in [2.45, 2.75) is 44.8 Å². The molecular weight excluding hydrogens is 278 g/mol. The van der Waals surface area contributed by atoms with Crippen molar-refractivity contribution < 1.29 is 23.9 Å². The first kappa shape index (κ1) is 19.9. The molecule has 0 unspecified atom stereocenters. The van der Waals surface area contributed by atoms with E-state index in [1.807, 2.05) is 6.92 Å². The number of carbonyl (C=O) groups is 1. The number of aldehydes is 1. The highest BCUT2D eigenvalue weighted by molar-refractivity contribution is 5.50. The van der Waals surface area contributed by atoms with Crippen molar-refractivity contribution in [1.29, 1.82) is 0 Å². The van der Waals surface area contributed by atoms with Gasteiger partial charge in [0, 0.05) is 57.5 Å². The van der Waals surface area contributed by atoms with Crippen LogP contribution in [0.1, 0.15) is 39.0 Å². The van der Waals surface area contributed by atoms with Crippen molar-refractivity contribution >= 4 is 6.29 Å². The topological polar surface area (TPSA) is 87.9 Å². The van der Waals surface area contributed by atoms with Crippen LogP contribution in [0.3, 0.4) is 0 Å². The minimum absolute atomic E-state index is 0.157. The maximum absolute atomic E-state index is 10.7. The minimum Gasteiger partial charge on any atom is -0.385 e. The fourth-order valence-corrected chi connectivity index (χ4v) is 2.53. The van der Waals surface area contributed by atoms with E-state index in [4.69, 9.17) is 9.47 Å². The van der Waals surface area contributed by atoms with Crippen LogP contribution in [0, 0.1) is 15.5 Å². The molecule has 0 heterocycles. The first-order valence-corrected chi connectivity index (χ1v) is 7.08. The summed E-state index contributed by atoms with van der Waals surface area (Å²) in [5.74, 6) is -0.636. The van der Waals surface area contributed by atoms with E-state index in [-0.39, 0.29) is 17.9 Å². The van der Waals surface area contributed by atoms with Gasteiger partial charge < -0.3 is 19.0 Å². The van der Waals surface area contributed by atoms with Crippen LogP contribution in [0.15, 0.2) is 0 Å². The zero-order chi connectivity index (χ0) is 16.4. The summed E-state index contributed by atoms with van der Waals surface area (Å²) >= 11 is 0. The lowest BCUT2D eigenvalue weighted by Gasteiger charge is -2.42. The fourth-order valence-electron chi connectivity index (χ4n) is 2.53. The van der Waals surface area contributed by atoms with E-state index >= 15 is 0 Å². The lowest BCUT2D eigenvalue weighted by molar-refractivity contribution is -0.500. The van der Waals surface area contributed by atoms with Crippen LogP contribution in [-0.2, 0) is 19.0 Å². The van der Waals surface area contributed by atoms with E-state index in [1.54, 1.807) is 21.3 Å². The maximum Gasteiger partial charge on any atom is 0.209 e. The Labute approximate surface area is 126 Å². The summed E-state index contributed by atoms with van der Waals surface area (Å²) in [7, 11) is 4.83. The van der Waals surface area contributed by atoms with Crippen LogP contribution in [0.2, 0.25) is 0 Å². The van der Waals surface area contributed by atoms with Gasteiger partial charge in [0.1, 0.15) is 6.29 Å². The Kier molecular flexibility index (Phi) is 9.32. The molecule has 0 atom stereocenters. The SMILES string of the molecule is CCOC.COC1(OC)CCC(CC=O)(C[N+](=O)[O-])CC1. The number of nitro groups is 1. The summed E-state index contributed by atoms with van der Waals surface area (Å²) in [6.07, 6.45) is 3.33. The van der Waals surface area contributed by atoms with Gasteiger partial charge in [0.25, 0.3) is 0 Å². The van der Waals surface area contributed by atoms with Crippen molar-refractivity contribution in [3.63, 3.8) is 0 Å². The summed E-state index contributed by atoms with van der Waals surface area (Å²) in [6.45, 7) is 2.62. The normalized spacial score (nSPS) is 19.2. The van der Waals surface area contributed by atoms with E-state index in [0.29, 0.717) is 25.7 Å². The highest BCUT2D eigenvalue weighted by Crippen LogP contribution is 2.44. The molecule has 1 aliphatic carbocycles. The number of ether oxygens (including phenoxy) is 3. The number of methoxy groups -OCH3 is 3. The van der Waals surface area contributed by atoms with Crippen LogP contribution >= 0.6 is 0 Å². The third-order valence-corrected chi connectivity index (χ3v) is 4.09. The molecule has 0 saturated heterocycles. The Morgan fingerprint density at radius 1 is 1.14 bits per heavy atom. The van der Waals surface area contributed by atoms with Crippen molar-refractivity contribution in [3.8, 4) is 0 Å². The molecule has 0 amide bonds. The smallest absolute Gasteiger partial charge is 0.209 e. The van der Waals surface area contributed by atoms with Gasteiger partial charge in [0.2, 0.25) is 6.54 Å². The highest BCUT2D eigenvalue weighted by atomic mass is 16.7. The van der Waals surface area contributed by atoms with Gasteiger partial charge in [-0.3, -0.25) is 10.1 Å². The zero-order valence-corrected chi connectivity index (χ0v) is 13.4. The first-order valence-electron chi connectivity index (χ1n) is 7.08. The Morgan fingerprint density at radius 2 is 1.62 bits per heavy atom. The molecular formula is C14H27NO6. The Balaban J connectivity index is 0.000000885. The number of carbonyl (C=O) groups excluding carboxylic acids is 1. The molecule has 21 heavy (non-hydrogen) atoms. The molecule has 0 aromatic heterocycles. The molecule has 0 aliphatic heterocycles. The monoisotopic (exact) mass is 305 g/mol. The summed E-state index contributed by atoms with van der Waals surface area (Å²) < 4.78 is 15.2. The molecule has 0 bridgehead atoms. The van der Waals surface area contributed by atoms with E-state index in [2.05, 4.69) is 4.74 Å². The van der Waals surface area contributed by atoms with Gasteiger partial charge in [-0.1, -0.05) is 0 Å². The van der Waals surface area contributed by atoms with E-state index in [1.165, 1.54) is 0 Å². The van der Waals surface area contributed by atoms with Crippen LogP contribution in [0.5, 0.6) is 0 Å². The van der Waals surface area contributed by atoms with E-state index < -0.39 is 11.2 Å². The number of nitrogens with zero attached hydrogens (tertiary/aromatic N) is 1. The third-order valence-electron chi connectivity index (χ3n) is 4.09. The zero-order valence-electron chi connectivity index (χ0n) is 13.4. The first-order chi connectivity index (χ1) is 9.93. The van der Waals surface area contributed by atoms with Gasteiger partial charge in [-0.2, -0.15) is 0 Å². The van der Waals surface area contributed by atoms with Gasteiger partial charge in [-0.05, 0) is 19.8 Å². The summed E-state index contributed by atoms with van der Waals surface area (Å²) in [5.41, 5.74) is -0.522. The van der Waals surface area contributed by atoms with Crippen LogP contribution in [0.4, 0.5) is 0 Å². The van der Waals surface area contributed by atoms with Crippen molar-refractivity contribution in [2.75, 3.05) is 34.5 Å². The largest absolute Gasteiger partial charge is 0.385 e. The quantitative estimate of drug-likeness (QED) is 0.309. The highest BCUT2D eigenvalue weighted by Gasteiger charge is 2.45. The second kappa shape index (κ2) is 9.81. The Morgan fingerprint density at radius 3 is 1.90 bits per heavy atom. The lowest BCUT2D eigenvalue weighted by atomic mass is 9.70. The van der Waals surface area contributed by atoms with Gasteiger partial charge in [0.15, 0.2) is 5.79 Å². The predicted octanol–water partition coefficient (Wildman–Crippen LogP) is 2.05. The molecule has 0 aromatic rings. The Bertz CT molecular complexity index is 305. The van der Waals surface area contributed by atoms with Gasteiger partial charge >= 0.3 is 0 Å². The van der Waals surface area contributed by atoms with E-state index in [0.717, 1.165) is 12.9 Å². The second-order valence-corrected chi connectivity index (χ2v) is 5.26. The molecule has 0 spiro atoms. The molecule has 1 rings (SSSR count). The Hall–Kier alpha value is -1.05. The fraction of sp³-hybridized carbons (Fsp3) is 0.929. The molecule has 0 aromatic carbocycles. The van der Waals surface area contributed by atoms with Crippen LogP contribution in [0.25, 0.3) is 0 Å². The van der Waals surface area contributed by atoms with Crippen molar-refractivity contribution in [2.24, 2.45) is 5.41 Å². The van der Waals surface area contributed by atoms with Crippen molar-refractivity contribution in [3.05, 3.63) is 10.1 Å². The van der Waals surface area contributed by atoms with Gasteiger partial charge in [-0.15, -0.1) is 0 Å². The van der Waals surface area contributed by atoms with Gasteiger partial charge in [-0.25, -0.2) is 0 Å².